The summed E-state index contributed by atoms with van der Waals surface area (Å²) < 4.78 is 6.85. The zero-order chi connectivity index (χ0) is 12.6. The van der Waals surface area contributed by atoms with Crippen LogP contribution >= 0.6 is 11.8 Å². The van der Waals surface area contributed by atoms with E-state index in [9.17, 15) is 0 Å². The molecular weight excluding hydrogens is 250 g/mol. The highest BCUT2D eigenvalue weighted by Crippen LogP contribution is 2.31. The lowest BCUT2D eigenvalue weighted by Gasteiger charge is -2.24. The third kappa shape index (κ3) is 4.22. The zero-order valence-corrected chi connectivity index (χ0v) is 11.7. The molecule has 0 unspecified atom stereocenters. The SMILES string of the molecule is COCCNCCn1nnnc1SCC1CCC1. The fraction of sp³-hybridized carbons (Fsp3) is 0.909. The zero-order valence-electron chi connectivity index (χ0n) is 10.8. The predicted octanol–water partition coefficient (Wildman–Crippen LogP) is 0.801. The van der Waals surface area contributed by atoms with Crippen molar-refractivity contribution in [2.24, 2.45) is 5.92 Å². The minimum atomic E-state index is 0.735. The predicted molar refractivity (Wildman–Crippen MR) is 70.6 cm³/mol. The molecular formula is C11H21N5OS. The van der Waals surface area contributed by atoms with Gasteiger partial charge in [0.25, 0.3) is 0 Å². The van der Waals surface area contributed by atoms with Crippen molar-refractivity contribution in [3.8, 4) is 0 Å². The molecule has 0 saturated heterocycles. The van der Waals surface area contributed by atoms with E-state index in [1.54, 1.807) is 18.9 Å². The number of methoxy groups -OCH3 is 1. The van der Waals surface area contributed by atoms with Gasteiger partial charge in [0.05, 0.1) is 13.2 Å². The lowest BCUT2D eigenvalue weighted by molar-refractivity contribution is 0.199. The first kappa shape index (κ1) is 13.8. The lowest BCUT2D eigenvalue weighted by atomic mass is 9.87. The first-order valence-corrected chi connectivity index (χ1v) is 7.47. The molecule has 0 radical (unpaired) electrons. The smallest absolute Gasteiger partial charge is 0.209 e. The summed E-state index contributed by atoms with van der Waals surface area (Å²) in [5.74, 6) is 2.03. The molecule has 2 rings (SSSR count). The van der Waals surface area contributed by atoms with E-state index in [0.717, 1.165) is 43.1 Å². The van der Waals surface area contributed by atoms with E-state index in [0.29, 0.717) is 0 Å². The maximum absolute atomic E-state index is 4.97. The Balaban J connectivity index is 1.66. The van der Waals surface area contributed by atoms with Gasteiger partial charge >= 0.3 is 0 Å². The van der Waals surface area contributed by atoms with Gasteiger partial charge in [0.2, 0.25) is 5.16 Å². The van der Waals surface area contributed by atoms with Crippen molar-refractivity contribution < 1.29 is 4.74 Å². The second-order valence-corrected chi connectivity index (χ2v) is 5.52. The number of aromatic nitrogens is 4. The van der Waals surface area contributed by atoms with Crippen LogP contribution in [0.15, 0.2) is 5.16 Å². The van der Waals surface area contributed by atoms with Gasteiger partial charge < -0.3 is 10.1 Å². The second kappa shape index (κ2) is 7.70. The first-order chi connectivity index (χ1) is 8.90. The summed E-state index contributed by atoms with van der Waals surface area (Å²) in [6.45, 7) is 3.27. The van der Waals surface area contributed by atoms with Crippen molar-refractivity contribution in [3.05, 3.63) is 0 Å². The largest absolute Gasteiger partial charge is 0.383 e. The van der Waals surface area contributed by atoms with E-state index in [1.165, 1.54) is 19.3 Å². The molecule has 1 fully saturated rings. The molecule has 1 aliphatic carbocycles. The van der Waals surface area contributed by atoms with E-state index in [2.05, 4.69) is 20.8 Å². The van der Waals surface area contributed by atoms with Crippen LogP contribution in [-0.4, -0.2) is 52.8 Å². The van der Waals surface area contributed by atoms with E-state index in [-0.39, 0.29) is 0 Å². The molecule has 0 aromatic carbocycles. The summed E-state index contributed by atoms with van der Waals surface area (Å²) >= 11 is 1.78. The molecule has 1 N–H and O–H groups in total. The Hall–Kier alpha value is -0.660. The Morgan fingerprint density at radius 2 is 2.33 bits per heavy atom. The molecule has 1 aromatic heterocycles. The summed E-state index contributed by atoms with van der Waals surface area (Å²) in [5, 5.41) is 16.1. The quantitative estimate of drug-likeness (QED) is 0.529. The number of hydrogen-bond acceptors (Lipinski definition) is 6. The van der Waals surface area contributed by atoms with Crippen LogP contribution in [0.2, 0.25) is 0 Å². The normalized spacial score (nSPS) is 15.8. The van der Waals surface area contributed by atoms with Crippen LogP contribution in [0.3, 0.4) is 0 Å². The molecule has 1 heterocycles. The average molecular weight is 271 g/mol. The summed E-state index contributed by atoms with van der Waals surface area (Å²) in [6.07, 6.45) is 4.12. The van der Waals surface area contributed by atoms with Crippen LogP contribution in [0.1, 0.15) is 19.3 Å². The van der Waals surface area contributed by atoms with E-state index >= 15 is 0 Å². The van der Waals surface area contributed by atoms with Gasteiger partial charge in [-0.2, -0.15) is 0 Å². The Morgan fingerprint density at radius 1 is 1.44 bits per heavy atom. The molecule has 0 spiro atoms. The number of nitrogens with zero attached hydrogens (tertiary/aromatic N) is 4. The number of tetrazole rings is 1. The van der Waals surface area contributed by atoms with Gasteiger partial charge in [-0.15, -0.1) is 5.10 Å². The number of rotatable bonds is 9. The van der Waals surface area contributed by atoms with Crippen molar-refractivity contribution in [3.63, 3.8) is 0 Å². The number of ether oxygens (including phenoxy) is 1. The van der Waals surface area contributed by atoms with E-state index in [4.69, 9.17) is 4.74 Å². The van der Waals surface area contributed by atoms with Crippen molar-refractivity contribution in [2.45, 2.75) is 31.0 Å². The van der Waals surface area contributed by atoms with Crippen LogP contribution in [0, 0.1) is 5.92 Å². The van der Waals surface area contributed by atoms with E-state index in [1.807, 2.05) is 4.68 Å². The van der Waals surface area contributed by atoms with Crippen LogP contribution in [-0.2, 0) is 11.3 Å². The number of nitrogens with one attached hydrogen (secondary N) is 1. The molecule has 1 saturated carbocycles. The Morgan fingerprint density at radius 3 is 3.06 bits per heavy atom. The third-order valence-corrected chi connectivity index (χ3v) is 4.34. The minimum absolute atomic E-state index is 0.735. The Kier molecular flexibility index (Phi) is 5.89. The topological polar surface area (TPSA) is 64.9 Å². The third-order valence-electron chi connectivity index (χ3n) is 3.16. The maximum Gasteiger partial charge on any atom is 0.209 e. The maximum atomic E-state index is 4.97. The fourth-order valence-electron chi connectivity index (χ4n) is 1.78. The first-order valence-electron chi connectivity index (χ1n) is 6.49. The van der Waals surface area contributed by atoms with Gasteiger partial charge in [-0.3, -0.25) is 0 Å². The molecule has 7 heteroatoms. The van der Waals surface area contributed by atoms with Crippen LogP contribution < -0.4 is 5.32 Å². The number of thioether (sulfide) groups is 1. The van der Waals surface area contributed by atoms with Gasteiger partial charge in [0, 0.05) is 26.0 Å². The van der Waals surface area contributed by atoms with Crippen LogP contribution in [0.5, 0.6) is 0 Å². The minimum Gasteiger partial charge on any atom is -0.383 e. The molecule has 1 aliphatic rings. The van der Waals surface area contributed by atoms with Crippen molar-refractivity contribution in [2.75, 3.05) is 32.6 Å². The van der Waals surface area contributed by atoms with Crippen LogP contribution in [0.4, 0.5) is 0 Å². The highest BCUT2D eigenvalue weighted by Gasteiger charge is 2.18. The van der Waals surface area contributed by atoms with Crippen molar-refractivity contribution >= 4 is 11.8 Å². The standard InChI is InChI=1S/C11H21N5OS/c1-17-8-6-12-5-7-16-11(13-14-15-16)18-9-10-3-2-4-10/h10,12H,2-9H2,1H3. The fourth-order valence-corrected chi connectivity index (χ4v) is 2.87. The van der Waals surface area contributed by atoms with Gasteiger partial charge in [0.1, 0.15) is 0 Å². The van der Waals surface area contributed by atoms with Gasteiger partial charge in [0.15, 0.2) is 0 Å². The molecule has 0 bridgehead atoms. The molecule has 102 valence electrons. The molecule has 0 amide bonds. The average Bonchev–Trinajstić information content (AvgIpc) is 2.75. The summed E-state index contributed by atoms with van der Waals surface area (Å²) in [6, 6.07) is 0. The monoisotopic (exact) mass is 271 g/mol. The highest BCUT2D eigenvalue weighted by atomic mass is 32.2. The van der Waals surface area contributed by atoms with E-state index < -0.39 is 0 Å². The molecule has 0 aliphatic heterocycles. The molecule has 1 aromatic rings. The highest BCUT2D eigenvalue weighted by molar-refractivity contribution is 7.99. The number of hydrogen-bond donors (Lipinski definition) is 1. The van der Waals surface area contributed by atoms with Gasteiger partial charge in [-0.05, 0) is 29.2 Å². The van der Waals surface area contributed by atoms with Gasteiger partial charge in [-0.25, -0.2) is 4.68 Å². The Bertz CT molecular complexity index is 342. The Labute approximate surface area is 112 Å². The van der Waals surface area contributed by atoms with Crippen molar-refractivity contribution in [1.82, 2.24) is 25.5 Å². The lowest BCUT2D eigenvalue weighted by Crippen LogP contribution is -2.24. The molecule has 0 atom stereocenters. The van der Waals surface area contributed by atoms with Crippen LogP contribution in [0.25, 0.3) is 0 Å². The van der Waals surface area contributed by atoms with Crippen molar-refractivity contribution in [1.29, 1.82) is 0 Å². The molecule has 18 heavy (non-hydrogen) atoms. The van der Waals surface area contributed by atoms with Gasteiger partial charge in [-0.1, -0.05) is 18.2 Å². The molecule has 6 nitrogen and oxygen atoms in total. The summed E-state index contributed by atoms with van der Waals surface area (Å²) in [7, 11) is 1.71. The summed E-state index contributed by atoms with van der Waals surface area (Å²) in [4.78, 5) is 0. The summed E-state index contributed by atoms with van der Waals surface area (Å²) in [5.41, 5.74) is 0. The second-order valence-electron chi connectivity index (χ2n) is 4.54.